The van der Waals surface area contributed by atoms with Gasteiger partial charge in [0.05, 0.1) is 11.0 Å². The Hall–Kier alpha value is -3.07. The van der Waals surface area contributed by atoms with Gasteiger partial charge in [-0.2, -0.15) is 0 Å². The van der Waals surface area contributed by atoms with Crippen LogP contribution in [-0.2, 0) is 16.1 Å². The third kappa shape index (κ3) is 5.96. The van der Waals surface area contributed by atoms with Crippen LogP contribution in [0.15, 0.2) is 54.6 Å². The minimum atomic E-state index is -0.498. The Morgan fingerprint density at radius 3 is 2.50 bits per heavy atom. The van der Waals surface area contributed by atoms with Crippen molar-refractivity contribution in [1.29, 1.82) is 0 Å². The Labute approximate surface area is 178 Å². The largest absolute Gasteiger partial charge is 0.491 e. The maximum atomic E-state index is 12.7. The molecule has 1 heterocycles. The van der Waals surface area contributed by atoms with Gasteiger partial charge < -0.3 is 14.4 Å². The molecule has 0 aromatic heterocycles. The van der Waals surface area contributed by atoms with Crippen LogP contribution >= 0.6 is 11.8 Å². The summed E-state index contributed by atoms with van der Waals surface area (Å²) < 4.78 is 11.2. The van der Waals surface area contributed by atoms with Crippen LogP contribution in [-0.4, -0.2) is 45.5 Å². The molecule has 2 aromatic carbocycles. The molecule has 30 heavy (non-hydrogen) atoms. The van der Waals surface area contributed by atoms with Gasteiger partial charge in [-0.25, -0.2) is 4.79 Å². The molecular weight excluding hydrogens is 408 g/mol. The minimum Gasteiger partial charge on any atom is -0.491 e. The number of carbonyl (C=O) groups excluding carboxylic acids is 2. The van der Waals surface area contributed by atoms with Crippen LogP contribution < -0.4 is 4.74 Å². The number of ether oxygens (including phenoxy) is 2. The molecule has 0 aliphatic carbocycles. The topological polar surface area (TPSA) is 99.0 Å². The molecule has 0 N–H and O–H groups in total. The number of likely N-dealkylation sites (tertiary alicyclic amines) is 1. The molecule has 1 amide bonds. The molecule has 0 bridgehead atoms. The van der Waals surface area contributed by atoms with Crippen molar-refractivity contribution in [3.8, 4) is 5.75 Å². The summed E-state index contributed by atoms with van der Waals surface area (Å²) in [7, 11) is 0. The van der Waals surface area contributed by atoms with Crippen LogP contribution in [0, 0.1) is 10.1 Å². The van der Waals surface area contributed by atoms with E-state index < -0.39 is 11.0 Å². The zero-order valence-electron chi connectivity index (χ0n) is 16.4. The van der Waals surface area contributed by atoms with Crippen molar-refractivity contribution in [1.82, 2.24) is 4.90 Å². The third-order valence-electron chi connectivity index (χ3n) is 4.64. The van der Waals surface area contributed by atoms with Crippen molar-refractivity contribution in [3.63, 3.8) is 0 Å². The second-order valence-corrected chi connectivity index (χ2v) is 8.35. The van der Waals surface area contributed by atoms with E-state index in [1.165, 1.54) is 30.8 Å². The number of rotatable bonds is 7. The van der Waals surface area contributed by atoms with Gasteiger partial charge in [-0.15, -0.1) is 0 Å². The van der Waals surface area contributed by atoms with Gasteiger partial charge in [0, 0.05) is 30.9 Å². The Kier molecular flexibility index (Phi) is 7.29. The van der Waals surface area contributed by atoms with E-state index in [1.807, 2.05) is 30.3 Å². The molecule has 0 unspecified atom stereocenters. The zero-order valence-corrected chi connectivity index (χ0v) is 17.2. The average molecular weight is 430 g/mol. The number of amides is 1. The van der Waals surface area contributed by atoms with Crippen molar-refractivity contribution in [2.24, 2.45) is 0 Å². The summed E-state index contributed by atoms with van der Waals surface area (Å²) in [6, 6.07) is 14.9. The highest BCUT2D eigenvalue weighted by Crippen LogP contribution is 2.29. The first kappa shape index (κ1) is 21.6. The smallest absolute Gasteiger partial charge is 0.410 e. The van der Waals surface area contributed by atoms with Gasteiger partial charge in [-0.1, -0.05) is 30.0 Å². The lowest BCUT2D eigenvalue weighted by molar-refractivity contribution is -0.384. The molecule has 1 aliphatic heterocycles. The van der Waals surface area contributed by atoms with Gasteiger partial charge in [0.2, 0.25) is 0 Å². The summed E-state index contributed by atoms with van der Waals surface area (Å²) in [6.07, 6.45) is 0.130. The SMILES string of the molecule is CC(=O)S[C@H]1C[C@@H](COc2ccccc2)N(C(=O)OCc2ccc([N+](=O)[O-])cc2)C1. The molecule has 1 saturated heterocycles. The maximum Gasteiger partial charge on any atom is 0.410 e. The Bertz CT molecular complexity index is 890. The summed E-state index contributed by atoms with van der Waals surface area (Å²) in [5.41, 5.74) is 0.631. The molecule has 1 fully saturated rings. The highest BCUT2D eigenvalue weighted by atomic mass is 32.2. The molecule has 0 spiro atoms. The summed E-state index contributed by atoms with van der Waals surface area (Å²) in [4.78, 5) is 36.0. The summed E-state index contributed by atoms with van der Waals surface area (Å²) >= 11 is 1.22. The van der Waals surface area contributed by atoms with Crippen LogP contribution in [0.2, 0.25) is 0 Å². The van der Waals surface area contributed by atoms with Crippen LogP contribution in [0.5, 0.6) is 5.75 Å². The van der Waals surface area contributed by atoms with Gasteiger partial charge in [0.15, 0.2) is 5.12 Å². The highest BCUT2D eigenvalue weighted by Gasteiger charge is 2.37. The number of benzene rings is 2. The van der Waals surface area contributed by atoms with Gasteiger partial charge in [-0.3, -0.25) is 14.9 Å². The molecule has 9 heteroatoms. The van der Waals surface area contributed by atoms with Crippen molar-refractivity contribution >= 4 is 28.7 Å². The number of nitrogens with zero attached hydrogens (tertiary/aromatic N) is 2. The summed E-state index contributed by atoms with van der Waals surface area (Å²) in [5, 5.41) is 10.7. The fourth-order valence-corrected chi connectivity index (χ4v) is 4.25. The summed E-state index contributed by atoms with van der Waals surface area (Å²) in [5.74, 6) is 0.708. The predicted octanol–water partition coefficient (Wildman–Crippen LogP) is 4.03. The van der Waals surface area contributed by atoms with E-state index in [-0.39, 0.29) is 28.7 Å². The Morgan fingerprint density at radius 2 is 1.87 bits per heavy atom. The first-order chi connectivity index (χ1) is 14.4. The van der Waals surface area contributed by atoms with Crippen molar-refractivity contribution < 1.29 is 24.0 Å². The number of para-hydroxylation sites is 1. The van der Waals surface area contributed by atoms with Gasteiger partial charge in [-0.05, 0) is 36.2 Å². The van der Waals surface area contributed by atoms with Crippen molar-refractivity contribution in [2.45, 2.75) is 31.2 Å². The van der Waals surface area contributed by atoms with E-state index >= 15 is 0 Å². The molecule has 0 saturated carbocycles. The lowest BCUT2D eigenvalue weighted by Gasteiger charge is -2.24. The first-order valence-electron chi connectivity index (χ1n) is 9.44. The molecule has 1 aliphatic rings. The predicted molar refractivity (Wildman–Crippen MR) is 112 cm³/mol. The molecule has 3 rings (SSSR count). The molecule has 158 valence electrons. The van der Waals surface area contributed by atoms with Crippen LogP contribution in [0.25, 0.3) is 0 Å². The Balaban J connectivity index is 1.60. The van der Waals surface area contributed by atoms with Crippen molar-refractivity contribution in [3.05, 3.63) is 70.3 Å². The van der Waals surface area contributed by atoms with Crippen LogP contribution in [0.4, 0.5) is 10.5 Å². The highest BCUT2D eigenvalue weighted by molar-refractivity contribution is 8.14. The van der Waals surface area contributed by atoms with Gasteiger partial charge in [0.1, 0.15) is 19.0 Å². The first-order valence-corrected chi connectivity index (χ1v) is 10.3. The third-order valence-corrected chi connectivity index (χ3v) is 5.65. The second-order valence-electron chi connectivity index (χ2n) is 6.88. The van der Waals surface area contributed by atoms with Crippen LogP contribution in [0.1, 0.15) is 18.9 Å². The molecule has 0 radical (unpaired) electrons. The lowest BCUT2D eigenvalue weighted by atomic mass is 10.2. The average Bonchev–Trinajstić information content (AvgIpc) is 3.13. The number of non-ortho nitro benzene ring substituents is 1. The normalized spacial score (nSPS) is 18.1. The van der Waals surface area contributed by atoms with Gasteiger partial charge >= 0.3 is 6.09 Å². The van der Waals surface area contributed by atoms with Gasteiger partial charge in [0.25, 0.3) is 5.69 Å². The van der Waals surface area contributed by atoms with E-state index in [0.29, 0.717) is 30.9 Å². The van der Waals surface area contributed by atoms with Crippen LogP contribution in [0.3, 0.4) is 0 Å². The zero-order chi connectivity index (χ0) is 21.5. The van der Waals surface area contributed by atoms with E-state index in [9.17, 15) is 19.7 Å². The number of nitro benzene ring substituents is 1. The summed E-state index contributed by atoms with van der Waals surface area (Å²) in [6.45, 7) is 2.21. The van der Waals surface area contributed by atoms with E-state index in [4.69, 9.17) is 9.47 Å². The molecular formula is C21H22N2O6S. The molecule has 2 atom stereocenters. The number of hydrogen-bond acceptors (Lipinski definition) is 7. The number of nitro groups is 1. The quantitative estimate of drug-likeness (QED) is 0.483. The molecule has 8 nitrogen and oxygen atoms in total. The van der Waals surface area contributed by atoms with Crippen molar-refractivity contribution in [2.75, 3.05) is 13.2 Å². The second kappa shape index (κ2) is 10.1. The Morgan fingerprint density at radius 1 is 1.17 bits per heavy atom. The minimum absolute atomic E-state index is 0.00354. The maximum absolute atomic E-state index is 12.7. The van der Waals surface area contributed by atoms with E-state index in [2.05, 4.69) is 0 Å². The van der Waals surface area contributed by atoms with E-state index in [0.717, 1.165) is 0 Å². The fraction of sp³-hybridized carbons (Fsp3) is 0.333. The monoisotopic (exact) mass is 430 g/mol. The number of hydrogen-bond donors (Lipinski definition) is 0. The van der Waals surface area contributed by atoms with E-state index in [1.54, 1.807) is 17.0 Å². The number of thioether (sulfide) groups is 1. The standard InChI is InChI=1S/C21H22N2O6S/c1-15(24)30-20-11-18(14-28-19-5-3-2-4-6-19)22(12-20)21(25)29-13-16-7-9-17(10-8-16)23(26)27/h2-10,18,20H,11-14H2,1H3/t18-,20-/m0/s1. The fourth-order valence-electron chi connectivity index (χ4n) is 3.23. The molecule has 2 aromatic rings. The lowest BCUT2D eigenvalue weighted by Crippen LogP contribution is -2.39. The number of carbonyl (C=O) groups is 2.